The molecule has 1 saturated heterocycles. The van der Waals surface area contributed by atoms with Crippen molar-refractivity contribution >= 4 is 11.8 Å². The van der Waals surface area contributed by atoms with E-state index in [2.05, 4.69) is 5.32 Å². The molecule has 23 heavy (non-hydrogen) atoms. The van der Waals surface area contributed by atoms with Gasteiger partial charge in [-0.3, -0.25) is 9.59 Å². The van der Waals surface area contributed by atoms with Crippen LogP contribution in [0.1, 0.15) is 24.8 Å². The van der Waals surface area contributed by atoms with E-state index in [1.807, 2.05) is 37.3 Å². The molecule has 7 heteroatoms. The number of carbonyl (C=O) groups is 2. The maximum atomic E-state index is 12.4. The molecule has 0 aliphatic carbocycles. The van der Waals surface area contributed by atoms with E-state index in [9.17, 15) is 22.8 Å². The average molecular weight is 328 g/mol. The number of carbonyl (C=O) groups excluding carboxylic acids is 2. The third-order valence-corrected chi connectivity index (χ3v) is 3.91. The molecular formula is C16H19F3N2O2. The van der Waals surface area contributed by atoms with E-state index in [-0.39, 0.29) is 24.8 Å². The van der Waals surface area contributed by atoms with E-state index in [0.717, 1.165) is 5.56 Å². The third kappa shape index (κ3) is 4.97. The molecule has 1 aliphatic heterocycles. The first-order chi connectivity index (χ1) is 10.8. The first-order valence-corrected chi connectivity index (χ1v) is 7.43. The Bertz CT molecular complexity index is 560. The van der Waals surface area contributed by atoms with Crippen LogP contribution >= 0.6 is 0 Å². The van der Waals surface area contributed by atoms with Crippen molar-refractivity contribution in [2.75, 3.05) is 19.6 Å². The van der Waals surface area contributed by atoms with E-state index in [4.69, 9.17) is 0 Å². The van der Waals surface area contributed by atoms with Gasteiger partial charge in [-0.05, 0) is 11.5 Å². The molecule has 1 aromatic carbocycles. The van der Waals surface area contributed by atoms with Crippen LogP contribution < -0.4 is 5.32 Å². The lowest BCUT2D eigenvalue weighted by Crippen LogP contribution is -2.37. The van der Waals surface area contributed by atoms with Crippen LogP contribution in [0.2, 0.25) is 0 Å². The van der Waals surface area contributed by atoms with Gasteiger partial charge in [-0.2, -0.15) is 13.2 Å². The fourth-order valence-electron chi connectivity index (χ4n) is 2.61. The minimum Gasteiger partial charge on any atom is -0.355 e. The van der Waals surface area contributed by atoms with Crippen molar-refractivity contribution in [2.45, 2.75) is 25.4 Å². The molecule has 2 rings (SSSR count). The number of nitrogens with one attached hydrogen (secondary N) is 1. The minimum atomic E-state index is -4.44. The van der Waals surface area contributed by atoms with Crippen LogP contribution in [0.5, 0.6) is 0 Å². The SMILES string of the molecule is C[C@@H](CNC(=O)[C@H]1CC(=O)N(CC(F)(F)F)C1)c1ccccc1. The number of benzene rings is 1. The molecule has 2 atom stereocenters. The predicted octanol–water partition coefficient (Wildman–Crippen LogP) is 2.32. The molecule has 0 aromatic heterocycles. The Labute approximate surface area is 132 Å². The molecular weight excluding hydrogens is 309 g/mol. The quantitative estimate of drug-likeness (QED) is 0.902. The number of likely N-dealkylation sites (tertiary alicyclic amines) is 1. The molecule has 0 saturated carbocycles. The molecule has 2 amide bonds. The molecule has 4 nitrogen and oxygen atoms in total. The maximum absolute atomic E-state index is 12.4. The summed E-state index contributed by atoms with van der Waals surface area (Å²) in [4.78, 5) is 24.3. The zero-order chi connectivity index (χ0) is 17.0. The maximum Gasteiger partial charge on any atom is 0.406 e. The molecule has 126 valence electrons. The van der Waals surface area contributed by atoms with Gasteiger partial charge in [0.05, 0.1) is 5.92 Å². The van der Waals surface area contributed by atoms with Crippen molar-refractivity contribution in [1.29, 1.82) is 0 Å². The van der Waals surface area contributed by atoms with Crippen molar-refractivity contribution in [2.24, 2.45) is 5.92 Å². The molecule has 0 unspecified atom stereocenters. The van der Waals surface area contributed by atoms with Gasteiger partial charge in [0.15, 0.2) is 0 Å². The molecule has 1 N–H and O–H groups in total. The summed E-state index contributed by atoms with van der Waals surface area (Å²) in [5.41, 5.74) is 1.06. The van der Waals surface area contributed by atoms with Gasteiger partial charge in [0.25, 0.3) is 0 Å². The van der Waals surface area contributed by atoms with Crippen LogP contribution in [0, 0.1) is 5.92 Å². The largest absolute Gasteiger partial charge is 0.406 e. The monoisotopic (exact) mass is 328 g/mol. The molecule has 0 radical (unpaired) electrons. The van der Waals surface area contributed by atoms with Crippen LogP contribution in [0.3, 0.4) is 0 Å². The summed E-state index contributed by atoms with van der Waals surface area (Å²) in [5.74, 6) is -1.62. The van der Waals surface area contributed by atoms with Gasteiger partial charge in [-0.25, -0.2) is 0 Å². The highest BCUT2D eigenvalue weighted by Crippen LogP contribution is 2.24. The first-order valence-electron chi connectivity index (χ1n) is 7.43. The van der Waals surface area contributed by atoms with Crippen molar-refractivity contribution in [3.63, 3.8) is 0 Å². The zero-order valence-corrected chi connectivity index (χ0v) is 12.8. The number of hydrogen-bond acceptors (Lipinski definition) is 2. The highest BCUT2D eigenvalue weighted by atomic mass is 19.4. The van der Waals surface area contributed by atoms with Crippen molar-refractivity contribution in [1.82, 2.24) is 10.2 Å². The van der Waals surface area contributed by atoms with Crippen LogP contribution in [0.25, 0.3) is 0 Å². The summed E-state index contributed by atoms with van der Waals surface area (Å²) >= 11 is 0. The second kappa shape index (κ2) is 7.02. The van der Waals surface area contributed by atoms with Crippen molar-refractivity contribution in [3.05, 3.63) is 35.9 Å². The van der Waals surface area contributed by atoms with Crippen molar-refractivity contribution in [3.8, 4) is 0 Å². The van der Waals surface area contributed by atoms with E-state index >= 15 is 0 Å². The van der Waals surface area contributed by atoms with E-state index < -0.39 is 24.5 Å². The van der Waals surface area contributed by atoms with E-state index in [1.54, 1.807) is 0 Å². The Kier molecular flexibility index (Phi) is 5.28. The normalized spacial score (nSPS) is 19.7. The van der Waals surface area contributed by atoms with E-state index in [1.165, 1.54) is 0 Å². The Morgan fingerprint density at radius 1 is 1.35 bits per heavy atom. The zero-order valence-electron chi connectivity index (χ0n) is 12.8. The number of nitrogens with zero attached hydrogens (tertiary/aromatic N) is 1. The van der Waals surface area contributed by atoms with Crippen LogP contribution in [-0.4, -0.2) is 42.5 Å². The van der Waals surface area contributed by atoms with Gasteiger partial charge in [-0.15, -0.1) is 0 Å². The van der Waals surface area contributed by atoms with Crippen LogP contribution in [0.15, 0.2) is 30.3 Å². The molecule has 1 fully saturated rings. The Balaban J connectivity index is 1.84. The summed E-state index contributed by atoms with van der Waals surface area (Å²) in [6.07, 6.45) is -4.61. The van der Waals surface area contributed by atoms with Crippen LogP contribution in [0.4, 0.5) is 13.2 Å². The number of hydrogen-bond donors (Lipinski definition) is 1. The van der Waals surface area contributed by atoms with Gasteiger partial charge in [-0.1, -0.05) is 37.3 Å². The summed E-state index contributed by atoms with van der Waals surface area (Å²) in [6.45, 7) is 0.859. The number of rotatable bonds is 5. The van der Waals surface area contributed by atoms with Gasteiger partial charge in [0.1, 0.15) is 6.54 Å². The topological polar surface area (TPSA) is 49.4 Å². The Morgan fingerprint density at radius 3 is 2.61 bits per heavy atom. The lowest BCUT2D eigenvalue weighted by atomic mass is 10.0. The fraction of sp³-hybridized carbons (Fsp3) is 0.500. The van der Waals surface area contributed by atoms with Gasteiger partial charge in [0, 0.05) is 19.5 Å². The number of halogens is 3. The van der Waals surface area contributed by atoms with Gasteiger partial charge >= 0.3 is 6.18 Å². The second-order valence-electron chi connectivity index (χ2n) is 5.85. The number of amides is 2. The van der Waals surface area contributed by atoms with Gasteiger partial charge in [0.2, 0.25) is 11.8 Å². The van der Waals surface area contributed by atoms with Gasteiger partial charge < -0.3 is 10.2 Å². The average Bonchev–Trinajstić information content (AvgIpc) is 2.84. The molecule has 0 bridgehead atoms. The third-order valence-electron chi connectivity index (χ3n) is 3.91. The second-order valence-corrected chi connectivity index (χ2v) is 5.85. The van der Waals surface area contributed by atoms with Crippen molar-refractivity contribution < 1.29 is 22.8 Å². The summed E-state index contributed by atoms with van der Waals surface area (Å²) in [6, 6.07) is 9.59. The minimum absolute atomic E-state index is 0.0866. The molecule has 0 spiro atoms. The predicted molar refractivity (Wildman–Crippen MR) is 78.6 cm³/mol. The molecule has 1 aliphatic rings. The van der Waals surface area contributed by atoms with E-state index in [0.29, 0.717) is 11.4 Å². The molecule has 1 aromatic rings. The lowest BCUT2D eigenvalue weighted by Gasteiger charge is -2.18. The Hall–Kier alpha value is -2.05. The summed E-state index contributed by atoms with van der Waals surface area (Å²) in [5, 5.41) is 2.73. The lowest BCUT2D eigenvalue weighted by molar-refractivity contribution is -0.157. The standard InChI is InChI=1S/C16H19F3N2O2/c1-11(12-5-3-2-4-6-12)8-20-15(23)13-7-14(22)21(9-13)10-16(17,18)19/h2-6,11,13H,7-10H2,1H3,(H,20,23)/t11-,13-/m0/s1. The number of alkyl halides is 3. The molecule has 1 heterocycles. The fourth-order valence-corrected chi connectivity index (χ4v) is 2.61. The highest BCUT2D eigenvalue weighted by molar-refractivity contribution is 5.89. The summed E-state index contributed by atoms with van der Waals surface area (Å²) < 4.78 is 37.1. The smallest absolute Gasteiger partial charge is 0.355 e. The highest BCUT2D eigenvalue weighted by Gasteiger charge is 2.40. The summed E-state index contributed by atoms with van der Waals surface area (Å²) in [7, 11) is 0. The first kappa shape index (κ1) is 17.3. The Morgan fingerprint density at radius 2 is 2.00 bits per heavy atom. The van der Waals surface area contributed by atoms with Crippen LogP contribution in [-0.2, 0) is 9.59 Å².